The number of nitrogens with zero attached hydrogens (tertiary/aromatic N) is 3. The molecule has 0 radical (unpaired) electrons. The molecule has 1 aliphatic heterocycles. The Morgan fingerprint density at radius 1 is 1.47 bits per heavy atom. The lowest BCUT2D eigenvalue weighted by Gasteiger charge is -2.21. The second kappa shape index (κ2) is 5.64. The number of rotatable bonds is 4. The first-order valence-corrected chi connectivity index (χ1v) is 6.23. The van der Waals surface area contributed by atoms with Gasteiger partial charge in [0.15, 0.2) is 0 Å². The van der Waals surface area contributed by atoms with Gasteiger partial charge in [0.2, 0.25) is 5.91 Å². The largest absolute Gasteiger partial charge is 0.359 e. The van der Waals surface area contributed by atoms with Crippen molar-refractivity contribution in [3.8, 4) is 0 Å². The zero-order valence-corrected chi connectivity index (χ0v) is 10.7. The van der Waals surface area contributed by atoms with Crippen molar-refractivity contribution in [2.75, 3.05) is 18.4 Å². The molecule has 1 atom stereocenters. The van der Waals surface area contributed by atoms with Crippen molar-refractivity contribution in [1.82, 2.24) is 9.88 Å². The molecule has 1 N–H and O–H groups in total. The summed E-state index contributed by atoms with van der Waals surface area (Å²) >= 11 is 0. The third-order valence-electron chi connectivity index (χ3n) is 3.11. The van der Waals surface area contributed by atoms with E-state index in [0.717, 1.165) is 25.9 Å². The maximum absolute atomic E-state index is 12.1. The molecule has 1 amide bonds. The maximum atomic E-state index is 12.1. The number of anilines is 1. The minimum Gasteiger partial charge on any atom is -0.359 e. The molecule has 1 aliphatic rings. The van der Waals surface area contributed by atoms with Crippen LogP contribution < -0.4 is 5.32 Å². The average Bonchev–Trinajstić information content (AvgIpc) is 2.92. The zero-order chi connectivity index (χ0) is 13.8. The molecule has 0 spiro atoms. The van der Waals surface area contributed by atoms with Gasteiger partial charge in [0.05, 0.1) is 4.92 Å². The van der Waals surface area contributed by atoms with Gasteiger partial charge in [-0.15, -0.1) is 0 Å². The Labute approximate surface area is 110 Å². The summed E-state index contributed by atoms with van der Waals surface area (Å²) in [5.74, 6) is 0.503. The average molecular weight is 264 g/mol. The third-order valence-corrected chi connectivity index (χ3v) is 3.11. The van der Waals surface area contributed by atoms with E-state index in [4.69, 9.17) is 0 Å². The van der Waals surface area contributed by atoms with Crippen LogP contribution in [0.3, 0.4) is 0 Å². The Morgan fingerprint density at radius 3 is 2.68 bits per heavy atom. The molecule has 0 aromatic carbocycles. The number of pyridine rings is 1. The number of amides is 1. The van der Waals surface area contributed by atoms with E-state index in [-0.39, 0.29) is 17.6 Å². The van der Waals surface area contributed by atoms with Gasteiger partial charge >= 0.3 is 0 Å². The first kappa shape index (κ1) is 13.3. The van der Waals surface area contributed by atoms with Gasteiger partial charge < -0.3 is 10.2 Å². The molecule has 0 saturated carbocycles. The summed E-state index contributed by atoms with van der Waals surface area (Å²) in [6.45, 7) is 3.38. The predicted octanol–water partition coefficient (Wildman–Crippen LogP) is 1.41. The molecule has 1 fully saturated rings. The summed E-state index contributed by atoms with van der Waals surface area (Å²) in [6.07, 6.45) is 3.28. The summed E-state index contributed by atoms with van der Waals surface area (Å²) in [5.41, 5.74) is -0.0657. The monoisotopic (exact) mass is 264 g/mol. The van der Waals surface area contributed by atoms with Gasteiger partial charge in [0.1, 0.15) is 18.1 Å². The molecule has 0 aliphatic carbocycles. The number of hydrogen-bond donors (Lipinski definition) is 1. The van der Waals surface area contributed by atoms with Crippen LogP contribution in [0.25, 0.3) is 0 Å². The van der Waals surface area contributed by atoms with Crippen molar-refractivity contribution in [2.45, 2.75) is 25.8 Å². The SMILES string of the molecule is CC(Nc1ccc([N+](=O)[O-])cn1)C(=O)N1CCCC1. The lowest BCUT2D eigenvalue weighted by Crippen LogP contribution is -2.39. The summed E-state index contributed by atoms with van der Waals surface area (Å²) in [4.78, 5) is 27.8. The van der Waals surface area contributed by atoms with Crippen LogP contribution in [0.15, 0.2) is 18.3 Å². The van der Waals surface area contributed by atoms with E-state index >= 15 is 0 Å². The van der Waals surface area contributed by atoms with Crippen molar-refractivity contribution in [1.29, 1.82) is 0 Å². The van der Waals surface area contributed by atoms with Gasteiger partial charge in [-0.25, -0.2) is 4.98 Å². The van der Waals surface area contributed by atoms with E-state index in [2.05, 4.69) is 10.3 Å². The molecule has 2 rings (SSSR count). The lowest BCUT2D eigenvalue weighted by atomic mass is 10.3. The second-order valence-corrected chi connectivity index (χ2v) is 4.56. The molecule has 1 aromatic rings. The van der Waals surface area contributed by atoms with Gasteiger partial charge in [-0.2, -0.15) is 0 Å². The number of carbonyl (C=O) groups is 1. The fourth-order valence-corrected chi connectivity index (χ4v) is 2.07. The Kier molecular flexibility index (Phi) is 3.94. The summed E-state index contributed by atoms with van der Waals surface area (Å²) in [7, 11) is 0. The Morgan fingerprint density at radius 2 is 2.16 bits per heavy atom. The van der Waals surface area contributed by atoms with Gasteiger partial charge in [-0.05, 0) is 25.8 Å². The summed E-state index contributed by atoms with van der Waals surface area (Å²) in [5, 5.41) is 13.5. The van der Waals surface area contributed by atoms with E-state index in [1.165, 1.54) is 18.3 Å². The zero-order valence-electron chi connectivity index (χ0n) is 10.7. The quantitative estimate of drug-likeness (QED) is 0.656. The predicted molar refractivity (Wildman–Crippen MR) is 69.8 cm³/mol. The third kappa shape index (κ3) is 3.18. The van der Waals surface area contributed by atoms with Gasteiger partial charge in [0, 0.05) is 19.2 Å². The van der Waals surface area contributed by atoms with E-state index in [0.29, 0.717) is 5.82 Å². The number of aromatic nitrogens is 1. The summed E-state index contributed by atoms with van der Waals surface area (Å²) in [6, 6.07) is 2.49. The van der Waals surface area contributed by atoms with Crippen molar-refractivity contribution in [3.05, 3.63) is 28.4 Å². The molecular weight excluding hydrogens is 248 g/mol. The molecule has 1 aromatic heterocycles. The number of nitro groups is 1. The molecule has 7 nitrogen and oxygen atoms in total. The topological polar surface area (TPSA) is 88.4 Å². The van der Waals surface area contributed by atoms with Crippen molar-refractivity contribution < 1.29 is 9.72 Å². The van der Waals surface area contributed by atoms with E-state index in [9.17, 15) is 14.9 Å². The lowest BCUT2D eigenvalue weighted by molar-refractivity contribution is -0.385. The van der Waals surface area contributed by atoms with Crippen LogP contribution in [-0.2, 0) is 4.79 Å². The minimum absolute atomic E-state index is 0.0395. The molecule has 19 heavy (non-hydrogen) atoms. The molecular formula is C12H16N4O3. The highest BCUT2D eigenvalue weighted by Crippen LogP contribution is 2.14. The fraction of sp³-hybridized carbons (Fsp3) is 0.500. The normalized spacial score (nSPS) is 16.2. The number of hydrogen-bond acceptors (Lipinski definition) is 5. The Hall–Kier alpha value is -2.18. The van der Waals surface area contributed by atoms with Gasteiger partial charge in [-0.3, -0.25) is 14.9 Å². The second-order valence-electron chi connectivity index (χ2n) is 4.56. The molecule has 7 heteroatoms. The van der Waals surface area contributed by atoms with Gasteiger partial charge in [0.25, 0.3) is 5.69 Å². The Balaban J connectivity index is 1.96. The van der Waals surface area contributed by atoms with Crippen LogP contribution in [0.2, 0.25) is 0 Å². The maximum Gasteiger partial charge on any atom is 0.287 e. The molecule has 0 bridgehead atoms. The number of nitrogens with one attached hydrogen (secondary N) is 1. The van der Waals surface area contributed by atoms with Crippen LogP contribution >= 0.6 is 0 Å². The van der Waals surface area contributed by atoms with E-state index in [1.54, 1.807) is 6.92 Å². The van der Waals surface area contributed by atoms with E-state index < -0.39 is 4.92 Å². The summed E-state index contributed by atoms with van der Waals surface area (Å²) < 4.78 is 0. The van der Waals surface area contributed by atoms with Crippen LogP contribution in [-0.4, -0.2) is 39.8 Å². The molecule has 102 valence electrons. The van der Waals surface area contributed by atoms with Crippen LogP contribution in [0.4, 0.5) is 11.5 Å². The minimum atomic E-state index is -0.504. The van der Waals surface area contributed by atoms with Crippen LogP contribution in [0, 0.1) is 10.1 Å². The number of likely N-dealkylation sites (tertiary alicyclic amines) is 1. The van der Waals surface area contributed by atoms with Crippen molar-refractivity contribution in [3.63, 3.8) is 0 Å². The molecule has 2 heterocycles. The van der Waals surface area contributed by atoms with E-state index in [1.807, 2.05) is 4.90 Å². The van der Waals surface area contributed by atoms with Crippen molar-refractivity contribution >= 4 is 17.4 Å². The fourth-order valence-electron chi connectivity index (χ4n) is 2.07. The highest BCUT2D eigenvalue weighted by molar-refractivity contribution is 5.84. The smallest absolute Gasteiger partial charge is 0.287 e. The highest BCUT2D eigenvalue weighted by Gasteiger charge is 2.23. The van der Waals surface area contributed by atoms with Crippen LogP contribution in [0.5, 0.6) is 0 Å². The van der Waals surface area contributed by atoms with Gasteiger partial charge in [-0.1, -0.05) is 0 Å². The van der Waals surface area contributed by atoms with Crippen LogP contribution in [0.1, 0.15) is 19.8 Å². The first-order chi connectivity index (χ1) is 9.08. The molecule has 1 saturated heterocycles. The standard InChI is InChI=1S/C12H16N4O3/c1-9(12(17)15-6-2-3-7-15)14-11-5-4-10(8-13-11)16(18)19/h4-5,8-9H,2-3,6-7H2,1H3,(H,13,14). The van der Waals surface area contributed by atoms with Crippen molar-refractivity contribution in [2.24, 2.45) is 0 Å². The number of carbonyl (C=O) groups excluding carboxylic acids is 1. The molecule has 1 unspecified atom stereocenters. The highest BCUT2D eigenvalue weighted by atomic mass is 16.6. The Bertz CT molecular complexity index is 468. The first-order valence-electron chi connectivity index (χ1n) is 6.23.